The standard InChI is InChI=1S/C39H46N10O5/c1-24(2)19-34-45-30-12-11-28-21-32(30)48(34)17-8-14-40-36(51)25(3)44-38(53)31(20-27-9-6-5-7-10-27)46-35(50)23-47(18-16-41-37(28)52)39(54)29-22-42-33-13-15-43-49(33)26(29)4/h5-7,9-13,15,21-22,24-25,31H,8,14,16-20,23H2,1-4H3,(H,40,51)(H,41,52)(H,44,53)(H,46,50)/t25-,31+/m1/s1. The summed E-state index contributed by atoms with van der Waals surface area (Å²) in [5.74, 6) is -1.15. The third kappa shape index (κ3) is 8.73. The van der Waals surface area contributed by atoms with E-state index in [-0.39, 0.29) is 36.9 Å². The smallest absolute Gasteiger partial charge is 0.257 e. The Labute approximate surface area is 312 Å². The second kappa shape index (κ2) is 16.7. The van der Waals surface area contributed by atoms with Crippen molar-refractivity contribution in [2.24, 2.45) is 5.92 Å². The molecule has 2 atom stereocenters. The summed E-state index contributed by atoms with van der Waals surface area (Å²) in [6.45, 7) is 8.02. The van der Waals surface area contributed by atoms with Gasteiger partial charge in [0.2, 0.25) is 17.7 Å². The fraction of sp³-hybridized carbons (Fsp3) is 0.385. The number of aryl methyl sites for hydroxylation is 2. The van der Waals surface area contributed by atoms with Crippen molar-refractivity contribution in [2.45, 2.75) is 65.6 Å². The molecule has 0 fully saturated rings. The summed E-state index contributed by atoms with van der Waals surface area (Å²) in [5, 5.41) is 15.6. The van der Waals surface area contributed by atoms with Gasteiger partial charge in [0.15, 0.2) is 5.65 Å². The molecule has 4 N–H and O–H groups in total. The van der Waals surface area contributed by atoms with E-state index in [0.29, 0.717) is 42.3 Å². The van der Waals surface area contributed by atoms with Gasteiger partial charge in [0.05, 0.1) is 35.0 Å². The summed E-state index contributed by atoms with van der Waals surface area (Å²) in [6, 6.07) is 14.3. The third-order valence-electron chi connectivity index (χ3n) is 9.40. The monoisotopic (exact) mass is 734 g/mol. The van der Waals surface area contributed by atoms with Crippen molar-refractivity contribution >= 4 is 46.2 Å². The number of carbonyl (C=O) groups excluding carboxylic acids is 5. The number of amides is 5. The fourth-order valence-electron chi connectivity index (χ4n) is 6.57. The van der Waals surface area contributed by atoms with Crippen molar-refractivity contribution in [1.29, 1.82) is 0 Å². The second-order valence-corrected chi connectivity index (χ2v) is 14.0. The molecule has 1 aliphatic rings. The molecule has 1 aliphatic heterocycles. The summed E-state index contributed by atoms with van der Waals surface area (Å²) >= 11 is 0. The van der Waals surface area contributed by atoms with Gasteiger partial charge in [-0.3, -0.25) is 24.0 Å². The van der Waals surface area contributed by atoms with Crippen molar-refractivity contribution in [3.05, 3.63) is 95.2 Å². The minimum absolute atomic E-state index is 0.0277. The van der Waals surface area contributed by atoms with Crippen LogP contribution in [0.15, 0.2) is 67.0 Å². The Morgan fingerprint density at radius 1 is 0.944 bits per heavy atom. The molecule has 2 aromatic carbocycles. The first-order chi connectivity index (χ1) is 26.0. The number of benzene rings is 2. The molecule has 5 aromatic rings. The predicted octanol–water partition coefficient (Wildman–Crippen LogP) is 2.21. The number of hydrogen-bond donors (Lipinski definition) is 4. The van der Waals surface area contributed by atoms with E-state index >= 15 is 0 Å². The zero-order chi connectivity index (χ0) is 38.4. The molecule has 15 nitrogen and oxygen atoms in total. The van der Waals surface area contributed by atoms with Crippen LogP contribution >= 0.6 is 0 Å². The maximum Gasteiger partial charge on any atom is 0.257 e. The molecule has 0 spiro atoms. The van der Waals surface area contributed by atoms with Gasteiger partial charge in [-0.05, 0) is 49.9 Å². The Morgan fingerprint density at radius 2 is 1.74 bits per heavy atom. The second-order valence-electron chi connectivity index (χ2n) is 14.0. The molecule has 0 saturated heterocycles. The van der Waals surface area contributed by atoms with Crippen LogP contribution in [-0.2, 0) is 33.8 Å². The van der Waals surface area contributed by atoms with Crippen LogP contribution in [0.3, 0.4) is 0 Å². The molecule has 54 heavy (non-hydrogen) atoms. The zero-order valence-corrected chi connectivity index (χ0v) is 31.0. The summed E-state index contributed by atoms with van der Waals surface area (Å²) in [4.78, 5) is 78.7. The van der Waals surface area contributed by atoms with Gasteiger partial charge in [-0.2, -0.15) is 5.10 Å². The topological polar surface area (TPSA) is 185 Å². The SMILES string of the molecule is Cc1c(C(=O)N2CCNC(=O)c3ccc4nc(CC(C)C)n(c4c3)CCCNC(=O)[C@@H](C)NC(=O)[C@H](Cc3ccccc3)NC(=O)C2)cnc2ccnn12. The fourth-order valence-corrected chi connectivity index (χ4v) is 6.57. The largest absolute Gasteiger partial charge is 0.354 e. The van der Waals surface area contributed by atoms with Crippen LogP contribution in [0.25, 0.3) is 16.7 Å². The summed E-state index contributed by atoms with van der Waals surface area (Å²) < 4.78 is 3.62. The quantitative estimate of drug-likeness (QED) is 0.212. The van der Waals surface area contributed by atoms with E-state index in [9.17, 15) is 24.0 Å². The number of fused-ring (bicyclic) bond motifs is 2. The van der Waals surface area contributed by atoms with Crippen LogP contribution in [0.1, 0.15) is 65.0 Å². The molecule has 0 aliphatic carbocycles. The van der Waals surface area contributed by atoms with Crippen molar-refractivity contribution in [3.8, 4) is 0 Å². The van der Waals surface area contributed by atoms with Gasteiger partial charge in [0, 0.05) is 56.8 Å². The van der Waals surface area contributed by atoms with Gasteiger partial charge in [-0.25, -0.2) is 14.5 Å². The maximum atomic E-state index is 14.1. The number of imidazole rings is 1. The number of rotatable bonds is 5. The average molecular weight is 735 g/mol. The molecule has 2 bridgehead atoms. The summed E-state index contributed by atoms with van der Waals surface area (Å²) in [6.07, 6.45) is 4.47. The lowest BCUT2D eigenvalue weighted by molar-refractivity contribution is -0.132. The Bertz CT molecular complexity index is 2180. The summed E-state index contributed by atoms with van der Waals surface area (Å²) in [5.41, 5.74) is 4.07. The zero-order valence-electron chi connectivity index (χ0n) is 31.0. The van der Waals surface area contributed by atoms with Crippen LogP contribution in [0.4, 0.5) is 0 Å². The third-order valence-corrected chi connectivity index (χ3v) is 9.40. The minimum atomic E-state index is -1.06. The van der Waals surface area contributed by atoms with Gasteiger partial charge < -0.3 is 30.7 Å². The van der Waals surface area contributed by atoms with E-state index in [1.54, 1.807) is 38.2 Å². The number of nitrogens with one attached hydrogen (secondary N) is 4. The number of hydrogen-bond acceptors (Lipinski definition) is 8. The van der Waals surface area contributed by atoms with E-state index in [2.05, 4.69) is 49.8 Å². The van der Waals surface area contributed by atoms with Crippen LogP contribution in [0.2, 0.25) is 0 Å². The molecule has 0 radical (unpaired) electrons. The van der Waals surface area contributed by atoms with Crippen LogP contribution in [-0.4, -0.2) is 96.8 Å². The van der Waals surface area contributed by atoms with E-state index in [1.807, 2.05) is 36.4 Å². The highest BCUT2D eigenvalue weighted by molar-refractivity contribution is 5.99. The van der Waals surface area contributed by atoms with Crippen LogP contribution in [0, 0.1) is 12.8 Å². The van der Waals surface area contributed by atoms with Gasteiger partial charge in [0.25, 0.3) is 11.8 Å². The number of nitrogens with zero attached hydrogens (tertiary/aromatic N) is 6. The highest BCUT2D eigenvalue weighted by atomic mass is 16.2. The normalized spacial score (nSPS) is 18.3. The molecule has 3 aromatic heterocycles. The molecule has 4 heterocycles. The number of aromatic nitrogens is 5. The Hall–Kier alpha value is -6.12. The lowest BCUT2D eigenvalue weighted by atomic mass is 10.0. The molecule has 5 amide bonds. The van der Waals surface area contributed by atoms with E-state index in [1.165, 1.54) is 15.6 Å². The lowest BCUT2D eigenvalue weighted by Gasteiger charge is -2.25. The van der Waals surface area contributed by atoms with E-state index < -0.39 is 36.3 Å². The molecule has 282 valence electrons. The highest BCUT2D eigenvalue weighted by Crippen LogP contribution is 2.21. The van der Waals surface area contributed by atoms with Crippen molar-refractivity contribution in [2.75, 3.05) is 26.2 Å². The first-order valence-corrected chi connectivity index (χ1v) is 18.3. The van der Waals surface area contributed by atoms with E-state index in [0.717, 1.165) is 28.8 Å². The summed E-state index contributed by atoms with van der Waals surface area (Å²) in [7, 11) is 0. The van der Waals surface area contributed by atoms with Crippen LogP contribution in [0.5, 0.6) is 0 Å². The Kier molecular flexibility index (Phi) is 11.6. The molecule has 15 heteroatoms. The van der Waals surface area contributed by atoms with E-state index in [4.69, 9.17) is 4.98 Å². The van der Waals surface area contributed by atoms with Gasteiger partial charge in [0.1, 0.15) is 17.9 Å². The van der Waals surface area contributed by atoms with Crippen LogP contribution < -0.4 is 21.3 Å². The molecular formula is C39H46N10O5. The van der Waals surface area contributed by atoms with Gasteiger partial charge in [-0.15, -0.1) is 0 Å². The van der Waals surface area contributed by atoms with Gasteiger partial charge >= 0.3 is 0 Å². The highest BCUT2D eigenvalue weighted by Gasteiger charge is 2.28. The molecule has 6 rings (SSSR count). The molecule has 0 saturated carbocycles. The molecule has 0 unspecified atom stereocenters. The predicted molar refractivity (Wildman–Crippen MR) is 202 cm³/mol. The maximum absolute atomic E-state index is 14.1. The minimum Gasteiger partial charge on any atom is -0.354 e. The first kappa shape index (κ1) is 37.6. The van der Waals surface area contributed by atoms with Crippen molar-refractivity contribution < 1.29 is 24.0 Å². The Balaban J connectivity index is 1.32. The molecular weight excluding hydrogens is 688 g/mol. The van der Waals surface area contributed by atoms with Gasteiger partial charge in [-0.1, -0.05) is 44.2 Å². The Morgan fingerprint density at radius 3 is 2.52 bits per heavy atom. The average Bonchev–Trinajstić information content (AvgIpc) is 3.77. The van der Waals surface area contributed by atoms with Crippen molar-refractivity contribution in [3.63, 3.8) is 0 Å². The lowest BCUT2D eigenvalue weighted by Crippen LogP contribution is -2.55. The first-order valence-electron chi connectivity index (χ1n) is 18.3. The van der Waals surface area contributed by atoms with Crippen molar-refractivity contribution in [1.82, 2.24) is 50.3 Å². The number of carbonyl (C=O) groups is 5.